The number of halogens is 2. The Morgan fingerprint density at radius 1 is 1.45 bits per heavy atom. The third kappa shape index (κ3) is 2.98. The third-order valence-electron chi connectivity index (χ3n) is 3.04. The predicted molar refractivity (Wildman–Crippen MR) is 73.4 cm³/mol. The lowest BCUT2D eigenvalue weighted by atomic mass is 9.98. The van der Waals surface area contributed by atoms with Crippen LogP contribution in [0.3, 0.4) is 0 Å². The number of phenols is 1. The summed E-state index contributed by atoms with van der Waals surface area (Å²) in [6.45, 7) is 5.78. The molecule has 0 fully saturated rings. The summed E-state index contributed by atoms with van der Waals surface area (Å²) in [4.78, 5) is 13.4. The Morgan fingerprint density at radius 3 is 2.70 bits per heavy atom. The van der Waals surface area contributed by atoms with E-state index in [9.17, 15) is 14.3 Å². The lowest BCUT2D eigenvalue weighted by Crippen LogP contribution is -2.40. The van der Waals surface area contributed by atoms with Crippen LogP contribution in [-0.4, -0.2) is 28.2 Å². The standard InChI is InChI=1S/C14H17ClFNO3/c1-14(2,3)20-13(19)17-5-4-8-9(7-17)11(18)6-10(15)12(8)16/h6,18H,4-5,7H2,1-3H3. The van der Waals surface area contributed by atoms with Crippen LogP contribution in [0.25, 0.3) is 0 Å². The number of rotatable bonds is 0. The van der Waals surface area contributed by atoms with E-state index in [2.05, 4.69) is 0 Å². The molecule has 0 aliphatic carbocycles. The lowest BCUT2D eigenvalue weighted by Gasteiger charge is -2.31. The molecular formula is C14H17ClFNO3. The molecule has 0 spiro atoms. The lowest BCUT2D eigenvalue weighted by molar-refractivity contribution is 0.0221. The molecule has 1 amide bonds. The molecule has 1 heterocycles. The van der Waals surface area contributed by atoms with Gasteiger partial charge in [-0.15, -0.1) is 0 Å². The van der Waals surface area contributed by atoms with E-state index in [1.54, 1.807) is 20.8 Å². The minimum atomic E-state index is -0.593. The molecular weight excluding hydrogens is 285 g/mol. The molecule has 2 rings (SSSR count). The number of hydrogen-bond donors (Lipinski definition) is 1. The van der Waals surface area contributed by atoms with Gasteiger partial charge < -0.3 is 14.7 Å². The summed E-state index contributed by atoms with van der Waals surface area (Å²) < 4.78 is 19.2. The van der Waals surface area contributed by atoms with Crippen LogP contribution in [-0.2, 0) is 17.7 Å². The first-order valence-electron chi connectivity index (χ1n) is 6.35. The van der Waals surface area contributed by atoms with Crippen molar-refractivity contribution in [3.05, 3.63) is 28.0 Å². The second-order valence-corrected chi connectivity index (χ2v) is 6.21. The van der Waals surface area contributed by atoms with Crippen LogP contribution in [0.2, 0.25) is 5.02 Å². The molecule has 4 nitrogen and oxygen atoms in total. The molecule has 1 aromatic carbocycles. The van der Waals surface area contributed by atoms with Crippen molar-refractivity contribution in [1.82, 2.24) is 4.90 Å². The van der Waals surface area contributed by atoms with E-state index in [-0.39, 0.29) is 17.3 Å². The quantitative estimate of drug-likeness (QED) is 0.798. The number of aromatic hydroxyl groups is 1. The molecule has 0 saturated heterocycles. The van der Waals surface area contributed by atoms with E-state index in [0.717, 1.165) is 6.07 Å². The van der Waals surface area contributed by atoms with Crippen molar-refractivity contribution in [2.75, 3.05) is 6.54 Å². The Balaban J connectivity index is 2.24. The molecule has 0 bridgehead atoms. The predicted octanol–water partition coefficient (Wildman–Crippen LogP) is 3.48. The van der Waals surface area contributed by atoms with Crippen molar-refractivity contribution in [1.29, 1.82) is 0 Å². The molecule has 1 aliphatic rings. The van der Waals surface area contributed by atoms with Gasteiger partial charge in [0.05, 0.1) is 11.6 Å². The number of phenolic OH excluding ortho intramolecular Hbond substituents is 1. The molecule has 1 aliphatic heterocycles. The van der Waals surface area contributed by atoms with Gasteiger partial charge in [-0.05, 0) is 32.8 Å². The summed E-state index contributed by atoms with van der Waals surface area (Å²) in [5.41, 5.74) is 0.170. The topological polar surface area (TPSA) is 49.8 Å². The molecule has 0 saturated carbocycles. The van der Waals surface area contributed by atoms with Crippen LogP contribution >= 0.6 is 11.6 Å². The first kappa shape index (κ1) is 14.9. The summed E-state index contributed by atoms with van der Waals surface area (Å²) in [5, 5.41) is 9.76. The van der Waals surface area contributed by atoms with Gasteiger partial charge in [0.15, 0.2) is 0 Å². The van der Waals surface area contributed by atoms with Gasteiger partial charge in [0.1, 0.15) is 17.2 Å². The van der Waals surface area contributed by atoms with Gasteiger partial charge in [0, 0.05) is 18.2 Å². The largest absolute Gasteiger partial charge is 0.508 e. The molecule has 1 N–H and O–H groups in total. The third-order valence-corrected chi connectivity index (χ3v) is 3.32. The van der Waals surface area contributed by atoms with E-state index in [1.165, 1.54) is 4.90 Å². The Bertz CT molecular complexity index is 554. The van der Waals surface area contributed by atoms with E-state index < -0.39 is 17.5 Å². The first-order valence-corrected chi connectivity index (χ1v) is 6.73. The second kappa shape index (κ2) is 5.13. The number of amides is 1. The summed E-state index contributed by atoms with van der Waals surface area (Å²) in [6, 6.07) is 1.16. The second-order valence-electron chi connectivity index (χ2n) is 5.80. The Kier molecular flexibility index (Phi) is 3.82. The highest BCUT2D eigenvalue weighted by atomic mass is 35.5. The van der Waals surface area contributed by atoms with Crippen molar-refractivity contribution < 1.29 is 19.0 Å². The molecule has 0 aromatic heterocycles. The van der Waals surface area contributed by atoms with E-state index in [1.807, 2.05) is 0 Å². The zero-order valence-electron chi connectivity index (χ0n) is 11.7. The summed E-state index contributed by atoms with van der Waals surface area (Å²) in [5.74, 6) is -0.622. The van der Waals surface area contributed by atoms with E-state index in [4.69, 9.17) is 16.3 Å². The maximum atomic E-state index is 13.9. The first-order chi connectivity index (χ1) is 9.19. The minimum Gasteiger partial charge on any atom is -0.508 e. The number of fused-ring (bicyclic) bond motifs is 1. The van der Waals surface area contributed by atoms with Gasteiger partial charge in [0.2, 0.25) is 0 Å². The van der Waals surface area contributed by atoms with Gasteiger partial charge in [-0.1, -0.05) is 11.6 Å². The summed E-state index contributed by atoms with van der Waals surface area (Å²) in [7, 11) is 0. The number of hydrogen-bond acceptors (Lipinski definition) is 3. The van der Waals surface area contributed by atoms with Crippen LogP contribution in [0.1, 0.15) is 31.9 Å². The number of nitrogens with zero attached hydrogens (tertiary/aromatic N) is 1. The van der Waals surface area contributed by atoms with E-state index >= 15 is 0 Å². The van der Waals surface area contributed by atoms with Crippen molar-refractivity contribution >= 4 is 17.7 Å². The normalized spacial score (nSPS) is 14.9. The summed E-state index contributed by atoms with van der Waals surface area (Å²) >= 11 is 5.70. The molecule has 6 heteroatoms. The molecule has 0 atom stereocenters. The molecule has 0 radical (unpaired) electrons. The molecule has 0 unspecified atom stereocenters. The van der Waals surface area contributed by atoms with Crippen molar-refractivity contribution in [2.45, 2.75) is 39.3 Å². The van der Waals surface area contributed by atoms with Gasteiger partial charge in [0.25, 0.3) is 0 Å². The molecule has 1 aromatic rings. The van der Waals surface area contributed by atoms with Gasteiger partial charge in [-0.3, -0.25) is 0 Å². The minimum absolute atomic E-state index is 0.0975. The maximum Gasteiger partial charge on any atom is 0.410 e. The van der Waals surface area contributed by atoms with Crippen molar-refractivity contribution in [2.24, 2.45) is 0 Å². The Labute approximate surface area is 122 Å². The van der Waals surface area contributed by atoms with Gasteiger partial charge in [-0.25, -0.2) is 9.18 Å². The van der Waals surface area contributed by atoms with Crippen LogP contribution in [0.5, 0.6) is 5.75 Å². The van der Waals surface area contributed by atoms with Crippen LogP contribution < -0.4 is 0 Å². The van der Waals surface area contributed by atoms with Crippen molar-refractivity contribution in [3.8, 4) is 5.75 Å². The fourth-order valence-corrected chi connectivity index (χ4v) is 2.36. The Hall–Kier alpha value is -1.49. The smallest absolute Gasteiger partial charge is 0.410 e. The zero-order valence-corrected chi connectivity index (χ0v) is 12.4. The van der Waals surface area contributed by atoms with Crippen LogP contribution in [0.4, 0.5) is 9.18 Å². The average Bonchev–Trinajstić information content (AvgIpc) is 2.33. The highest BCUT2D eigenvalue weighted by Crippen LogP contribution is 2.34. The number of carbonyl (C=O) groups is 1. The monoisotopic (exact) mass is 301 g/mol. The SMILES string of the molecule is CC(C)(C)OC(=O)N1CCc2c(F)c(Cl)cc(O)c2C1. The Morgan fingerprint density at radius 2 is 2.10 bits per heavy atom. The highest BCUT2D eigenvalue weighted by Gasteiger charge is 2.29. The van der Waals surface area contributed by atoms with Crippen molar-refractivity contribution in [3.63, 3.8) is 0 Å². The van der Waals surface area contributed by atoms with Gasteiger partial charge >= 0.3 is 6.09 Å². The number of ether oxygens (including phenoxy) is 1. The van der Waals surface area contributed by atoms with Crippen LogP contribution in [0, 0.1) is 5.82 Å². The fourth-order valence-electron chi connectivity index (χ4n) is 2.14. The maximum absolute atomic E-state index is 13.9. The highest BCUT2D eigenvalue weighted by molar-refractivity contribution is 6.31. The zero-order chi connectivity index (χ0) is 15.1. The summed E-state index contributed by atoms with van der Waals surface area (Å²) in [6.07, 6.45) is -0.174. The average molecular weight is 302 g/mol. The van der Waals surface area contributed by atoms with E-state index in [0.29, 0.717) is 24.1 Å². The molecule has 110 valence electrons. The molecule has 20 heavy (non-hydrogen) atoms. The van der Waals surface area contributed by atoms with Gasteiger partial charge in [-0.2, -0.15) is 0 Å². The number of benzene rings is 1. The fraction of sp³-hybridized carbons (Fsp3) is 0.500. The number of carbonyl (C=O) groups excluding carboxylic acids is 1. The van der Waals surface area contributed by atoms with Crippen LogP contribution in [0.15, 0.2) is 6.07 Å².